The van der Waals surface area contributed by atoms with Crippen LogP contribution in [0.1, 0.15) is 5.56 Å². The molecule has 4 aromatic carbocycles. The molecular weight excluding hydrogens is 382 g/mol. The molecule has 0 N–H and O–H groups in total. The Balaban J connectivity index is 1.63. The van der Waals surface area contributed by atoms with Crippen molar-refractivity contribution >= 4 is 23.0 Å². The fraction of sp³-hybridized carbons (Fsp3) is 0.0357. The summed E-state index contributed by atoms with van der Waals surface area (Å²) in [7, 11) is 0. The molecule has 0 unspecified atom stereocenters. The highest BCUT2D eigenvalue weighted by molar-refractivity contribution is 5.83. The molecule has 4 aromatic rings. The Morgan fingerprint density at radius 1 is 0.710 bits per heavy atom. The minimum atomic E-state index is -0.464. The Morgan fingerprint density at radius 2 is 1.19 bits per heavy atom. The maximum atomic E-state index is 11.3. The van der Waals surface area contributed by atoms with Crippen LogP contribution < -0.4 is 9.64 Å². The largest absolute Gasteiger partial charge is 0.423 e. The molecule has 0 spiro atoms. The van der Waals surface area contributed by atoms with Gasteiger partial charge >= 0.3 is 5.97 Å². The Hall–Kier alpha value is -4.11. The summed E-state index contributed by atoms with van der Waals surface area (Å²) >= 11 is 0. The van der Waals surface area contributed by atoms with E-state index in [0.29, 0.717) is 5.75 Å². The maximum Gasteiger partial charge on any atom is 0.335 e. The molecule has 0 fully saturated rings. The van der Waals surface area contributed by atoms with Gasteiger partial charge < -0.3 is 9.64 Å². The standard InChI is InChI=1S/C28H23NO2/c1-3-28(30)31-27-19-13-23(14-20-27)22-11-17-26(18-12-22)29(24-7-5-4-6-8-24)25-15-9-21(2)10-16-25/h3-20H,1H2,2H3. The summed E-state index contributed by atoms with van der Waals surface area (Å²) in [4.78, 5) is 13.6. The first-order valence-electron chi connectivity index (χ1n) is 10.1. The molecule has 0 atom stereocenters. The highest BCUT2D eigenvalue weighted by Crippen LogP contribution is 2.35. The van der Waals surface area contributed by atoms with Gasteiger partial charge in [-0.2, -0.15) is 0 Å². The van der Waals surface area contributed by atoms with Gasteiger partial charge in [-0.15, -0.1) is 0 Å². The van der Waals surface area contributed by atoms with E-state index in [0.717, 1.165) is 34.3 Å². The van der Waals surface area contributed by atoms with Crippen molar-refractivity contribution < 1.29 is 9.53 Å². The van der Waals surface area contributed by atoms with Crippen LogP contribution in [-0.2, 0) is 4.79 Å². The zero-order valence-corrected chi connectivity index (χ0v) is 17.4. The van der Waals surface area contributed by atoms with Gasteiger partial charge in [-0.1, -0.05) is 66.7 Å². The summed E-state index contributed by atoms with van der Waals surface area (Å²) in [6.07, 6.45) is 1.15. The molecule has 0 aromatic heterocycles. The minimum absolute atomic E-state index is 0.464. The van der Waals surface area contributed by atoms with Crippen LogP contribution in [0.4, 0.5) is 17.1 Å². The first-order chi connectivity index (χ1) is 15.1. The average molecular weight is 405 g/mol. The van der Waals surface area contributed by atoms with Gasteiger partial charge in [-0.25, -0.2) is 4.79 Å². The van der Waals surface area contributed by atoms with Gasteiger partial charge in [0.15, 0.2) is 0 Å². The normalized spacial score (nSPS) is 10.4. The topological polar surface area (TPSA) is 29.5 Å². The van der Waals surface area contributed by atoms with Crippen LogP contribution in [0.15, 0.2) is 116 Å². The quantitative estimate of drug-likeness (QED) is 0.193. The molecule has 0 radical (unpaired) electrons. The maximum absolute atomic E-state index is 11.3. The van der Waals surface area contributed by atoms with Crippen LogP contribution >= 0.6 is 0 Å². The van der Waals surface area contributed by atoms with E-state index in [1.165, 1.54) is 5.56 Å². The van der Waals surface area contributed by atoms with Crippen molar-refractivity contribution in [1.29, 1.82) is 0 Å². The molecule has 0 saturated heterocycles. The van der Waals surface area contributed by atoms with Crippen molar-refractivity contribution in [2.45, 2.75) is 6.92 Å². The van der Waals surface area contributed by atoms with E-state index < -0.39 is 5.97 Å². The lowest BCUT2D eigenvalue weighted by atomic mass is 10.0. The van der Waals surface area contributed by atoms with Crippen LogP contribution in [0, 0.1) is 6.92 Å². The molecule has 152 valence electrons. The molecule has 4 rings (SSSR count). The molecule has 3 nitrogen and oxygen atoms in total. The second-order valence-corrected chi connectivity index (χ2v) is 7.20. The lowest BCUT2D eigenvalue weighted by molar-refractivity contribution is -0.128. The van der Waals surface area contributed by atoms with E-state index in [2.05, 4.69) is 79.1 Å². The summed E-state index contributed by atoms with van der Waals surface area (Å²) in [6.45, 7) is 5.51. The molecule has 31 heavy (non-hydrogen) atoms. The van der Waals surface area contributed by atoms with Crippen molar-refractivity contribution in [2.75, 3.05) is 4.90 Å². The van der Waals surface area contributed by atoms with E-state index in [4.69, 9.17) is 4.74 Å². The van der Waals surface area contributed by atoms with Crippen LogP contribution in [-0.4, -0.2) is 5.97 Å². The van der Waals surface area contributed by atoms with Crippen molar-refractivity contribution in [1.82, 2.24) is 0 Å². The Labute approximate surface area is 182 Å². The van der Waals surface area contributed by atoms with E-state index >= 15 is 0 Å². The zero-order valence-electron chi connectivity index (χ0n) is 17.4. The van der Waals surface area contributed by atoms with Crippen molar-refractivity contribution in [3.05, 3.63) is 121 Å². The molecule has 0 aliphatic carbocycles. The van der Waals surface area contributed by atoms with Crippen LogP contribution in [0.25, 0.3) is 11.1 Å². The SMILES string of the molecule is C=CC(=O)Oc1ccc(-c2ccc(N(c3ccccc3)c3ccc(C)cc3)cc2)cc1. The number of aryl methyl sites for hydroxylation is 1. The molecular formula is C28H23NO2. The van der Waals surface area contributed by atoms with Gasteiger partial charge in [-0.3, -0.25) is 0 Å². The second-order valence-electron chi connectivity index (χ2n) is 7.20. The molecule has 0 heterocycles. The van der Waals surface area contributed by atoms with Gasteiger partial charge in [0.2, 0.25) is 0 Å². The Bertz CT molecular complexity index is 1160. The van der Waals surface area contributed by atoms with E-state index in [-0.39, 0.29) is 0 Å². The highest BCUT2D eigenvalue weighted by atomic mass is 16.5. The lowest BCUT2D eigenvalue weighted by Crippen LogP contribution is -2.09. The third-order valence-corrected chi connectivity index (χ3v) is 5.00. The monoisotopic (exact) mass is 405 g/mol. The number of hydrogen-bond donors (Lipinski definition) is 0. The van der Waals surface area contributed by atoms with Crippen molar-refractivity contribution in [3.63, 3.8) is 0 Å². The number of anilines is 3. The van der Waals surface area contributed by atoms with Crippen LogP contribution in [0.2, 0.25) is 0 Å². The fourth-order valence-electron chi connectivity index (χ4n) is 3.39. The van der Waals surface area contributed by atoms with Gasteiger partial charge in [-0.05, 0) is 66.6 Å². The van der Waals surface area contributed by atoms with Gasteiger partial charge in [0.05, 0.1) is 0 Å². The predicted octanol–water partition coefficient (Wildman–Crippen LogP) is 7.22. The summed E-state index contributed by atoms with van der Waals surface area (Å²) in [6, 6.07) is 34.8. The fourth-order valence-corrected chi connectivity index (χ4v) is 3.39. The lowest BCUT2D eigenvalue weighted by Gasteiger charge is -2.25. The average Bonchev–Trinajstić information content (AvgIpc) is 2.82. The highest BCUT2D eigenvalue weighted by Gasteiger charge is 2.12. The molecule has 0 amide bonds. The number of esters is 1. The van der Waals surface area contributed by atoms with Crippen molar-refractivity contribution in [3.8, 4) is 16.9 Å². The molecule has 3 heteroatoms. The molecule has 0 aliphatic rings. The number of carbonyl (C=O) groups excluding carboxylic acids is 1. The number of ether oxygens (including phenoxy) is 1. The minimum Gasteiger partial charge on any atom is -0.423 e. The second kappa shape index (κ2) is 9.14. The molecule has 0 saturated carbocycles. The Morgan fingerprint density at radius 3 is 1.74 bits per heavy atom. The number of carbonyl (C=O) groups is 1. The third-order valence-electron chi connectivity index (χ3n) is 5.00. The number of hydrogen-bond acceptors (Lipinski definition) is 3. The number of nitrogens with zero attached hydrogens (tertiary/aromatic N) is 1. The number of rotatable bonds is 6. The summed E-state index contributed by atoms with van der Waals surface area (Å²) in [5.74, 6) is 0.0362. The van der Waals surface area contributed by atoms with Crippen molar-refractivity contribution in [2.24, 2.45) is 0 Å². The zero-order chi connectivity index (χ0) is 21.6. The van der Waals surface area contributed by atoms with Crippen LogP contribution in [0.5, 0.6) is 5.75 Å². The molecule has 0 bridgehead atoms. The predicted molar refractivity (Wildman–Crippen MR) is 127 cm³/mol. The first kappa shape index (κ1) is 20.2. The number of benzene rings is 4. The van der Waals surface area contributed by atoms with E-state index in [1.807, 2.05) is 30.3 Å². The van der Waals surface area contributed by atoms with Crippen LogP contribution in [0.3, 0.4) is 0 Å². The summed E-state index contributed by atoms with van der Waals surface area (Å²) in [5, 5.41) is 0. The number of para-hydroxylation sites is 1. The molecule has 0 aliphatic heterocycles. The van der Waals surface area contributed by atoms with E-state index in [9.17, 15) is 4.79 Å². The summed E-state index contributed by atoms with van der Waals surface area (Å²) in [5.41, 5.74) is 6.66. The van der Waals surface area contributed by atoms with Gasteiger partial charge in [0, 0.05) is 23.1 Å². The van der Waals surface area contributed by atoms with Gasteiger partial charge in [0.25, 0.3) is 0 Å². The first-order valence-corrected chi connectivity index (χ1v) is 10.1. The van der Waals surface area contributed by atoms with E-state index in [1.54, 1.807) is 12.1 Å². The van der Waals surface area contributed by atoms with Gasteiger partial charge in [0.1, 0.15) is 5.75 Å². The third kappa shape index (κ3) is 4.73. The smallest absolute Gasteiger partial charge is 0.335 e. The Kier molecular flexibility index (Phi) is 5.95. The summed E-state index contributed by atoms with van der Waals surface area (Å²) < 4.78 is 5.15.